The molecule has 0 unspecified atom stereocenters. The first-order valence-electron chi connectivity index (χ1n) is 9.15. The number of carbonyl (C=O) groups excluding carboxylic acids is 2. The first-order valence-corrected chi connectivity index (χ1v) is 9.15. The number of anilines is 1. The number of hydrogen-bond acceptors (Lipinski definition) is 4. The first kappa shape index (κ1) is 17.9. The highest BCUT2D eigenvalue weighted by atomic mass is 16.2. The number of likely N-dealkylation sites (N-methyl/N-ethyl adjacent to an activating group) is 1. The van der Waals surface area contributed by atoms with Crippen LogP contribution in [0.5, 0.6) is 0 Å². The second kappa shape index (κ2) is 7.97. The van der Waals surface area contributed by atoms with Crippen molar-refractivity contribution in [3.63, 3.8) is 0 Å². The van der Waals surface area contributed by atoms with Gasteiger partial charge in [-0.25, -0.2) is 0 Å². The number of nitrogens with one attached hydrogen (secondary N) is 1. The molecule has 1 aromatic rings. The summed E-state index contributed by atoms with van der Waals surface area (Å²) in [6.07, 6.45) is 1.79. The maximum Gasteiger partial charge on any atom is 0.251 e. The maximum absolute atomic E-state index is 12.3. The van der Waals surface area contributed by atoms with Gasteiger partial charge in [0.2, 0.25) is 5.91 Å². The fraction of sp³-hybridized carbons (Fsp3) is 0.579. The number of benzene rings is 1. The summed E-state index contributed by atoms with van der Waals surface area (Å²) in [5, 5.41) is 3.02. The smallest absolute Gasteiger partial charge is 0.251 e. The number of piperazine rings is 1. The van der Waals surface area contributed by atoms with Gasteiger partial charge in [0.1, 0.15) is 0 Å². The largest absolute Gasteiger partial charge is 0.352 e. The number of carbonyl (C=O) groups is 2. The molecule has 1 aromatic carbocycles. The van der Waals surface area contributed by atoms with Crippen LogP contribution in [0, 0.1) is 0 Å². The van der Waals surface area contributed by atoms with Crippen LogP contribution in [0.15, 0.2) is 18.2 Å². The van der Waals surface area contributed by atoms with Gasteiger partial charge in [0.25, 0.3) is 5.91 Å². The Balaban J connectivity index is 1.45. The van der Waals surface area contributed by atoms with Gasteiger partial charge in [-0.2, -0.15) is 0 Å². The van der Waals surface area contributed by atoms with Crippen LogP contribution < -0.4 is 10.2 Å². The van der Waals surface area contributed by atoms with Crippen LogP contribution >= 0.6 is 0 Å². The first-order chi connectivity index (χ1) is 12.0. The third-order valence-electron chi connectivity index (χ3n) is 5.15. The van der Waals surface area contributed by atoms with Gasteiger partial charge >= 0.3 is 0 Å². The zero-order chi connectivity index (χ0) is 17.8. The van der Waals surface area contributed by atoms with Crippen molar-refractivity contribution in [2.24, 2.45) is 0 Å². The molecule has 6 nitrogen and oxygen atoms in total. The second-order valence-corrected chi connectivity index (χ2v) is 7.02. The lowest BCUT2D eigenvalue weighted by molar-refractivity contribution is -0.116. The SMILES string of the molecule is CC(=O)N1CCc2cc(C(=O)NCCCN3CCN(C)CC3)ccc21. The topological polar surface area (TPSA) is 55.9 Å². The molecule has 6 heteroatoms. The van der Waals surface area contributed by atoms with E-state index in [4.69, 9.17) is 0 Å². The molecular formula is C19H28N4O2. The quantitative estimate of drug-likeness (QED) is 0.809. The van der Waals surface area contributed by atoms with E-state index in [0.717, 1.165) is 56.8 Å². The van der Waals surface area contributed by atoms with Crippen molar-refractivity contribution < 1.29 is 9.59 Å². The van der Waals surface area contributed by atoms with Crippen molar-refractivity contribution in [3.05, 3.63) is 29.3 Å². The van der Waals surface area contributed by atoms with Crippen molar-refractivity contribution in [1.29, 1.82) is 0 Å². The lowest BCUT2D eigenvalue weighted by Crippen LogP contribution is -2.45. The number of fused-ring (bicyclic) bond motifs is 1. The van der Waals surface area contributed by atoms with Gasteiger partial charge in [0.15, 0.2) is 0 Å². The minimum Gasteiger partial charge on any atom is -0.352 e. The fourth-order valence-electron chi connectivity index (χ4n) is 3.55. The molecule has 2 aliphatic rings. The molecule has 25 heavy (non-hydrogen) atoms. The monoisotopic (exact) mass is 344 g/mol. The highest BCUT2D eigenvalue weighted by Crippen LogP contribution is 2.28. The molecule has 2 amide bonds. The van der Waals surface area contributed by atoms with Crippen molar-refractivity contribution in [2.75, 3.05) is 57.8 Å². The summed E-state index contributed by atoms with van der Waals surface area (Å²) in [4.78, 5) is 30.5. The molecule has 0 aromatic heterocycles. The Labute approximate surface area is 149 Å². The molecule has 0 radical (unpaired) electrons. The van der Waals surface area contributed by atoms with Crippen molar-refractivity contribution >= 4 is 17.5 Å². The van der Waals surface area contributed by atoms with Crippen molar-refractivity contribution in [3.8, 4) is 0 Å². The summed E-state index contributed by atoms with van der Waals surface area (Å²) in [5.74, 6) is 0.0299. The number of amides is 2. The minimum absolute atomic E-state index is 0.0255. The summed E-state index contributed by atoms with van der Waals surface area (Å²) in [6, 6.07) is 5.63. The van der Waals surface area contributed by atoms with Gasteiger partial charge in [-0.1, -0.05) is 0 Å². The van der Waals surface area contributed by atoms with E-state index in [2.05, 4.69) is 22.2 Å². The third-order valence-corrected chi connectivity index (χ3v) is 5.15. The molecule has 1 saturated heterocycles. The van der Waals surface area contributed by atoms with Crippen LogP contribution in [-0.4, -0.2) is 74.5 Å². The summed E-state index contributed by atoms with van der Waals surface area (Å²) >= 11 is 0. The molecule has 1 fully saturated rings. The van der Waals surface area contributed by atoms with Crippen LogP contribution in [0.3, 0.4) is 0 Å². The normalized spacial score (nSPS) is 18.2. The van der Waals surface area contributed by atoms with Crippen LogP contribution in [0.2, 0.25) is 0 Å². The van der Waals surface area contributed by atoms with E-state index in [-0.39, 0.29) is 11.8 Å². The molecule has 0 atom stereocenters. The number of hydrogen-bond donors (Lipinski definition) is 1. The average Bonchev–Trinajstić information content (AvgIpc) is 3.03. The lowest BCUT2D eigenvalue weighted by Gasteiger charge is -2.32. The van der Waals surface area contributed by atoms with Crippen LogP contribution in [0.4, 0.5) is 5.69 Å². The second-order valence-electron chi connectivity index (χ2n) is 7.02. The summed E-state index contributed by atoms with van der Waals surface area (Å²) in [7, 11) is 2.16. The molecule has 0 spiro atoms. The lowest BCUT2D eigenvalue weighted by atomic mass is 10.1. The zero-order valence-corrected chi connectivity index (χ0v) is 15.3. The molecule has 0 bridgehead atoms. The van der Waals surface area contributed by atoms with E-state index in [1.54, 1.807) is 11.8 Å². The molecule has 0 saturated carbocycles. The van der Waals surface area contributed by atoms with E-state index in [1.165, 1.54) is 0 Å². The molecule has 2 heterocycles. The Morgan fingerprint density at radius 2 is 1.88 bits per heavy atom. The van der Waals surface area contributed by atoms with E-state index < -0.39 is 0 Å². The van der Waals surface area contributed by atoms with E-state index in [1.807, 2.05) is 18.2 Å². The molecule has 136 valence electrons. The molecule has 3 rings (SSSR count). The Kier molecular flexibility index (Phi) is 5.71. The zero-order valence-electron chi connectivity index (χ0n) is 15.3. The van der Waals surface area contributed by atoms with Gasteiger partial charge in [-0.05, 0) is 50.2 Å². The predicted molar refractivity (Wildman–Crippen MR) is 99.1 cm³/mol. The minimum atomic E-state index is -0.0255. The molecule has 0 aliphatic carbocycles. The summed E-state index contributed by atoms with van der Waals surface area (Å²) in [6.45, 7) is 8.49. The summed E-state index contributed by atoms with van der Waals surface area (Å²) in [5.41, 5.74) is 2.71. The third kappa shape index (κ3) is 4.38. The average molecular weight is 344 g/mol. The highest BCUT2D eigenvalue weighted by Gasteiger charge is 2.23. The van der Waals surface area contributed by atoms with Crippen molar-refractivity contribution in [1.82, 2.24) is 15.1 Å². The van der Waals surface area contributed by atoms with E-state index in [0.29, 0.717) is 18.7 Å². The van der Waals surface area contributed by atoms with Gasteiger partial charge in [0.05, 0.1) is 0 Å². The van der Waals surface area contributed by atoms with Gasteiger partial charge in [-0.15, -0.1) is 0 Å². The Morgan fingerprint density at radius 3 is 2.60 bits per heavy atom. The fourth-order valence-corrected chi connectivity index (χ4v) is 3.55. The summed E-state index contributed by atoms with van der Waals surface area (Å²) < 4.78 is 0. The Hall–Kier alpha value is -1.92. The van der Waals surface area contributed by atoms with Crippen LogP contribution in [0.25, 0.3) is 0 Å². The molecule has 1 N–H and O–H groups in total. The van der Waals surface area contributed by atoms with Crippen molar-refractivity contribution in [2.45, 2.75) is 19.8 Å². The number of nitrogens with zero attached hydrogens (tertiary/aromatic N) is 3. The Morgan fingerprint density at radius 1 is 1.12 bits per heavy atom. The maximum atomic E-state index is 12.3. The Bertz CT molecular complexity index is 638. The number of rotatable bonds is 5. The van der Waals surface area contributed by atoms with Gasteiger partial charge in [-0.3, -0.25) is 9.59 Å². The predicted octanol–water partition coefficient (Wildman–Crippen LogP) is 0.963. The molecule has 2 aliphatic heterocycles. The van der Waals surface area contributed by atoms with Crippen LogP contribution in [0.1, 0.15) is 29.3 Å². The van der Waals surface area contributed by atoms with E-state index >= 15 is 0 Å². The van der Waals surface area contributed by atoms with Crippen LogP contribution in [-0.2, 0) is 11.2 Å². The van der Waals surface area contributed by atoms with E-state index in [9.17, 15) is 9.59 Å². The highest BCUT2D eigenvalue weighted by molar-refractivity contribution is 5.97. The van der Waals surface area contributed by atoms with Gasteiger partial charge < -0.3 is 20.0 Å². The molecular weight excluding hydrogens is 316 g/mol. The van der Waals surface area contributed by atoms with Gasteiger partial charge in [0, 0.05) is 57.4 Å². The standard InChI is InChI=1S/C19H28N4O2/c1-15(24)23-9-6-16-14-17(4-5-18(16)23)19(25)20-7-3-8-22-12-10-21(2)11-13-22/h4-5,14H,3,6-13H2,1-2H3,(H,20,25).